The maximum absolute atomic E-state index is 5.77. The van der Waals surface area contributed by atoms with Crippen LogP contribution in [0.25, 0.3) is 0 Å². The van der Waals surface area contributed by atoms with Crippen molar-refractivity contribution >= 4 is 17.6 Å². The highest BCUT2D eigenvalue weighted by atomic mass is 16.5. The van der Waals surface area contributed by atoms with Gasteiger partial charge in [0.25, 0.3) is 0 Å². The Morgan fingerprint density at radius 2 is 1.96 bits per heavy atom. The van der Waals surface area contributed by atoms with Gasteiger partial charge in [-0.1, -0.05) is 26.0 Å². The second-order valence-corrected chi connectivity index (χ2v) is 8.77. The number of aliphatic imine (C=N–C) groups is 1. The Bertz CT molecular complexity index is 882. The molecular formula is C25H34N2O. The van der Waals surface area contributed by atoms with E-state index in [1.807, 2.05) is 6.21 Å². The van der Waals surface area contributed by atoms with Crippen molar-refractivity contribution in [2.75, 3.05) is 18.6 Å². The summed E-state index contributed by atoms with van der Waals surface area (Å²) in [5.41, 5.74) is 7.33. The van der Waals surface area contributed by atoms with Gasteiger partial charge in [-0.15, -0.1) is 0 Å². The molecule has 0 aromatic heterocycles. The summed E-state index contributed by atoms with van der Waals surface area (Å²) in [4.78, 5) is 7.34. The van der Waals surface area contributed by atoms with Crippen LogP contribution in [-0.2, 0) is 0 Å². The maximum atomic E-state index is 5.77. The molecule has 2 aromatic carbocycles. The number of methoxy groups -OCH3 is 1. The van der Waals surface area contributed by atoms with Gasteiger partial charge in [0.05, 0.1) is 12.8 Å². The maximum Gasteiger partial charge on any atom is 0.129 e. The summed E-state index contributed by atoms with van der Waals surface area (Å²) in [5.74, 6) is 1.40. The van der Waals surface area contributed by atoms with Crippen molar-refractivity contribution < 1.29 is 4.74 Å². The third-order valence-electron chi connectivity index (χ3n) is 5.89. The molecule has 0 amide bonds. The molecule has 0 aliphatic carbocycles. The summed E-state index contributed by atoms with van der Waals surface area (Å²) in [5, 5.41) is 0. The molecular weight excluding hydrogens is 344 g/mol. The van der Waals surface area contributed by atoms with Gasteiger partial charge in [0.15, 0.2) is 0 Å². The number of ether oxygens (including phenoxy) is 1. The highest BCUT2D eigenvalue weighted by Crippen LogP contribution is 2.45. The number of fused-ring (bicyclic) bond motifs is 1. The molecule has 0 N–H and O–H groups in total. The Labute approximate surface area is 170 Å². The second kappa shape index (κ2) is 7.98. The lowest BCUT2D eigenvalue weighted by Crippen LogP contribution is -2.48. The van der Waals surface area contributed by atoms with Gasteiger partial charge in [0.1, 0.15) is 5.75 Å². The molecule has 0 radical (unpaired) electrons. The van der Waals surface area contributed by atoms with Crippen LogP contribution in [0.4, 0.5) is 11.4 Å². The minimum absolute atomic E-state index is 0.154. The van der Waals surface area contributed by atoms with Gasteiger partial charge in [-0.3, -0.25) is 4.99 Å². The SMILES string of the molecule is CCCN1c2cc(OC)c(C=Nc3cc(C)ccc3C)cc2C(C)CC1(C)C. The summed E-state index contributed by atoms with van der Waals surface area (Å²) in [7, 11) is 1.75. The molecule has 0 saturated heterocycles. The highest BCUT2D eigenvalue weighted by Gasteiger charge is 2.36. The largest absolute Gasteiger partial charge is 0.496 e. The van der Waals surface area contributed by atoms with Crippen LogP contribution in [0, 0.1) is 13.8 Å². The predicted octanol–water partition coefficient (Wildman–Crippen LogP) is 6.56. The summed E-state index contributed by atoms with van der Waals surface area (Å²) < 4.78 is 5.77. The predicted molar refractivity (Wildman–Crippen MR) is 121 cm³/mol. The Kier molecular flexibility index (Phi) is 5.83. The Balaban J connectivity index is 2.06. The van der Waals surface area contributed by atoms with E-state index in [1.165, 1.54) is 22.4 Å². The fourth-order valence-electron chi connectivity index (χ4n) is 4.45. The van der Waals surface area contributed by atoms with E-state index in [1.54, 1.807) is 7.11 Å². The van der Waals surface area contributed by atoms with Crippen molar-refractivity contribution in [1.29, 1.82) is 0 Å². The molecule has 150 valence electrons. The molecule has 1 aliphatic rings. The summed E-state index contributed by atoms with van der Waals surface area (Å²) in [6.07, 6.45) is 4.24. The van der Waals surface area contributed by atoms with Gasteiger partial charge < -0.3 is 9.64 Å². The number of hydrogen-bond acceptors (Lipinski definition) is 3. The number of aryl methyl sites for hydroxylation is 2. The molecule has 1 unspecified atom stereocenters. The van der Waals surface area contributed by atoms with Crippen molar-refractivity contribution in [3.05, 3.63) is 52.6 Å². The van der Waals surface area contributed by atoms with E-state index in [0.29, 0.717) is 5.92 Å². The molecule has 1 heterocycles. The molecule has 0 spiro atoms. The minimum atomic E-state index is 0.154. The van der Waals surface area contributed by atoms with Gasteiger partial charge in [-0.25, -0.2) is 0 Å². The number of hydrogen-bond donors (Lipinski definition) is 0. The molecule has 1 aliphatic heterocycles. The van der Waals surface area contributed by atoms with E-state index in [0.717, 1.165) is 36.4 Å². The van der Waals surface area contributed by atoms with Crippen molar-refractivity contribution in [3.63, 3.8) is 0 Å². The average Bonchev–Trinajstić information content (AvgIpc) is 2.65. The molecule has 28 heavy (non-hydrogen) atoms. The van der Waals surface area contributed by atoms with Crippen LogP contribution in [0.5, 0.6) is 5.75 Å². The van der Waals surface area contributed by atoms with E-state index < -0.39 is 0 Å². The molecule has 3 heteroatoms. The van der Waals surface area contributed by atoms with E-state index in [2.05, 4.69) is 76.8 Å². The third-order valence-corrected chi connectivity index (χ3v) is 5.89. The van der Waals surface area contributed by atoms with Crippen LogP contribution in [0.1, 0.15) is 68.7 Å². The number of nitrogens with zero attached hydrogens (tertiary/aromatic N) is 2. The Morgan fingerprint density at radius 3 is 2.64 bits per heavy atom. The second-order valence-electron chi connectivity index (χ2n) is 8.77. The first-order valence-corrected chi connectivity index (χ1v) is 10.4. The number of benzene rings is 2. The normalized spacial score (nSPS) is 18.4. The van der Waals surface area contributed by atoms with E-state index >= 15 is 0 Å². The van der Waals surface area contributed by atoms with E-state index in [4.69, 9.17) is 9.73 Å². The van der Waals surface area contributed by atoms with Crippen LogP contribution in [-0.4, -0.2) is 25.4 Å². The van der Waals surface area contributed by atoms with Crippen LogP contribution >= 0.6 is 0 Å². The standard InChI is InChI=1S/C25H34N2O/c1-8-11-27-23-14-24(28-7)20(13-21(23)19(4)15-25(27,5)6)16-26-22-12-17(2)9-10-18(22)3/h9-10,12-14,16,19H,8,11,15H2,1-7H3. The van der Waals surface area contributed by atoms with Gasteiger partial charge in [-0.2, -0.15) is 0 Å². The van der Waals surface area contributed by atoms with Crippen LogP contribution < -0.4 is 9.64 Å². The lowest BCUT2D eigenvalue weighted by atomic mass is 9.79. The Morgan fingerprint density at radius 1 is 1.21 bits per heavy atom. The molecule has 0 bridgehead atoms. The smallest absolute Gasteiger partial charge is 0.129 e. The summed E-state index contributed by atoms with van der Waals surface area (Å²) >= 11 is 0. The highest BCUT2D eigenvalue weighted by molar-refractivity contribution is 5.88. The molecule has 1 atom stereocenters. The molecule has 0 fully saturated rings. The van der Waals surface area contributed by atoms with Crippen molar-refractivity contribution in [2.24, 2.45) is 4.99 Å². The average molecular weight is 379 g/mol. The lowest BCUT2D eigenvalue weighted by molar-refractivity contribution is 0.372. The number of anilines is 1. The van der Waals surface area contributed by atoms with Crippen molar-refractivity contribution in [1.82, 2.24) is 0 Å². The fourth-order valence-corrected chi connectivity index (χ4v) is 4.45. The topological polar surface area (TPSA) is 24.8 Å². The van der Waals surface area contributed by atoms with Crippen LogP contribution in [0.15, 0.2) is 35.3 Å². The number of rotatable bonds is 5. The molecule has 3 nitrogen and oxygen atoms in total. The van der Waals surface area contributed by atoms with Crippen LogP contribution in [0.3, 0.4) is 0 Å². The van der Waals surface area contributed by atoms with Gasteiger partial charge in [-0.05, 0) is 75.3 Å². The van der Waals surface area contributed by atoms with Gasteiger partial charge in [0.2, 0.25) is 0 Å². The Hall–Kier alpha value is -2.29. The monoisotopic (exact) mass is 378 g/mol. The first-order valence-electron chi connectivity index (χ1n) is 10.4. The summed E-state index contributed by atoms with van der Waals surface area (Å²) in [6.45, 7) is 14.5. The van der Waals surface area contributed by atoms with Crippen molar-refractivity contribution in [2.45, 2.75) is 65.8 Å². The minimum Gasteiger partial charge on any atom is -0.496 e. The van der Waals surface area contributed by atoms with Crippen molar-refractivity contribution in [3.8, 4) is 5.75 Å². The van der Waals surface area contributed by atoms with E-state index in [-0.39, 0.29) is 5.54 Å². The van der Waals surface area contributed by atoms with Crippen LogP contribution in [0.2, 0.25) is 0 Å². The molecule has 0 saturated carbocycles. The zero-order valence-corrected chi connectivity index (χ0v) is 18.5. The summed E-state index contributed by atoms with van der Waals surface area (Å²) in [6, 6.07) is 10.9. The third kappa shape index (κ3) is 3.94. The quantitative estimate of drug-likeness (QED) is 0.550. The van der Waals surface area contributed by atoms with E-state index in [9.17, 15) is 0 Å². The molecule has 2 aromatic rings. The first kappa shape index (κ1) is 20.4. The van der Waals surface area contributed by atoms with Gasteiger partial charge >= 0.3 is 0 Å². The zero-order chi connectivity index (χ0) is 20.5. The zero-order valence-electron chi connectivity index (χ0n) is 18.5. The first-order chi connectivity index (χ1) is 13.3. The fraction of sp³-hybridized carbons (Fsp3) is 0.480. The lowest BCUT2D eigenvalue weighted by Gasteiger charge is -2.47. The molecule has 3 rings (SSSR count). The van der Waals surface area contributed by atoms with Gasteiger partial charge in [0, 0.05) is 35.6 Å².